The quantitative estimate of drug-likeness (QED) is 0.616. The molecular formula is C14H26NO3P. The van der Waals surface area contributed by atoms with Gasteiger partial charge in [-0.25, -0.2) is 4.57 Å². The molecule has 1 atom stereocenters. The third-order valence-electron chi connectivity index (χ3n) is 3.01. The summed E-state index contributed by atoms with van der Waals surface area (Å²) in [7, 11) is -3.22. The number of rotatable bonds is 8. The van der Waals surface area contributed by atoms with Crippen molar-refractivity contribution in [3.8, 4) is 0 Å². The predicted molar refractivity (Wildman–Crippen MR) is 78.9 cm³/mol. The summed E-state index contributed by atoms with van der Waals surface area (Å²) in [6.45, 7) is 8.64. The summed E-state index contributed by atoms with van der Waals surface area (Å²) >= 11 is 0. The molecular weight excluding hydrogens is 261 g/mol. The van der Waals surface area contributed by atoms with Gasteiger partial charge in [0.15, 0.2) is 0 Å². The SMILES string of the molecule is CCCCC1C=C(C)C=CN1P(=O)(OCC)OCC. The summed E-state index contributed by atoms with van der Waals surface area (Å²) in [4.78, 5) is 0. The van der Waals surface area contributed by atoms with Gasteiger partial charge in [0.1, 0.15) is 0 Å². The van der Waals surface area contributed by atoms with E-state index in [1.54, 1.807) is 4.67 Å². The summed E-state index contributed by atoms with van der Waals surface area (Å²) in [6, 6.07) is 0.0916. The van der Waals surface area contributed by atoms with Crippen LogP contribution in [-0.2, 0) is 13.6 Å². The number of nitrogens with zero attached hydrogens (tertiary/aromatic N) is 1. The topological polar surface area (TPSA) is 38.8 Å². The van der Waals surface area contributed by atoms with Gasteiger partial charge in [0.25, 0.3) is 0 Å². The van der Waals surface area contributed by atoms with Crippen LogP contribution in [0.1, 0.15) is 47.0 Å². The summed E-state index contributed by atoms with van der Waals surface area (Å²) in [5.41, 5.74) is 1.19. The van der Waals surface area contributed by atoms with Gasteiger partial charge >= 0.3 is 7.75 Å². The normalized spacial score (nSPS) is 19.7. The van der Waals surface area contributed by atoms with Gasteiger partial charge < -0.3 is 0 Å². The highest BCUT2D eigenvalue weighted by molar-refractivity contribution is 7.51. The first-order valence-electron chi connectivity index (χ1n) is 7.12. The lowest BCUT2D eigenvalue weighted by Crippen LogP contribution is -2.30. The average molecular weight is 287 g/mol. The van der Waals surface area contributed by atoms with Gasteiger partial charge in [0, 0.05) is 6.20 Å². The second-order valence-electron chi connectivity index (χ2n) is 4.62. The molecule has 1 unspecified atom stereocenters. The Hall–Kier alpha value is -0.570. The molecule has 19 heavy (non-hydrogen) atoms. The van der Waals surface area contributed by atoms with Gasteiger partial charge in [-0.05, 0) is 33.3 Å². The van der Waals surface area contributed by atoms with E-state index in [0.29, 0.717) is 13.2 Å². The molecule has 0 bridgehead atoms. The maximum absolute atomic E-state index is 12.8. The molecule has 1 aliphatic rings. The van der Waals surface area contributed by atoms with E-state index in [9.17, 15) is 4.57 Å². The van der Waals surface area contributed by atoms with Crippen LogP contribution in [0.3, 0.4) is 0 Å². The molecule has 0 aromatic carbocycles. The fourth-order valence-electron chi connectivity index (χ4n) is 2.13. The highest BCUT2D eigenvalue weighted by Crippen LogP contribution is 2.54. The monoisotopic (exact) mass is 287 g/mol. The fourth-order valence-corrected chi connectivity index (χ4v) is 3.90. The van der Waals surface area contributed by atoms with Crippen LogP contribution in [0.25, 0.3) is 0 Å². The van der Waals surface area contributed by atoms with E-state index in [0.717, 1.165) is 19.3 Å². The van der Waals surface area contributed by atoms with Crippen LogP contribution in [0, 0.1) is 0 Å². The summed E-state index contributed by atoms with van der Waals surface area (Å²) in [6.07, 6.45) is 9.11. The van der Waals surface area contributed by atoms with Gasteiger partial charge in [-0.15, -0.1) is 0 Å². The Kier molecular flexibility index (Phi) is 6.84. The minimum atomic E-state index is -3.22. The molecule has 0 amide bonds. The first-order valence-corrected chi connectivity index (χ1v) is 8.61. The Bertz CT molecular complexity index is 369. The maximum Gasteiger partial charge on any atom is 0.435 e. The van der Waals surface area contributed by atoms with E-state index in [4.69, 9.17) is 9.05 Å². The second-order valence-corrected chi connectivity index (χ2v) is 6.54. The van der Waals surface area contributed by atoms with Crippen LogP contribution in [0.5, 0.6) is 0 Å². The van der Waals surface area contributed by atoms with Gasteiger partial charge in [-0.3, -0.25) is 13.7 Å². The van der Waals surface area contributed by atoms with Crippen molar-refractivity contribution in [3.05, 3.63) is 23.9 Å². The van der Waals surface area contributed by atoms with E-state index >= 15 is 0 Å². The molecule has 1 aliphatic heterocycles. The molecule has 0 radical (unpaired) electrons. The Morgan fingerprint density at radius 3 is 2.42 bits per heavy atom. The van der Waals surface area contributed by atoms with Crippen molar-refractivity contribution >= 4 is 7.75 Å². The Balaban J connectivity index is 2.92. The third kappa shape index (κ3) is 4.48. The molecule has 1 heterocycles. The lowest BCUT2D eigenvalue weighted by molar-refractivity contribution is 0.173. The third-order valence-corrected chi connectivity index (χ3v) is 5.17. The number of unbranched alkanes of at least 4 members (excludes halogenated alkanes) is 1. The van der Waals surface area contributed by atoms with Crippen molar-refractivity contribution in [1.82, 2.24) is 4.67 Å². The number of hydrogen-bond donors (Lipinski definition) is 0. The summed E-state index contributed by atoms with van der Waals surface area (Å²) in [5, 5.41) is 0. The Labute approximate surface area is 117 Å². The van der Waals surface area contributed by atoms with E-state index < -0.39 is 7.75 Å². The van der Waals surface area contributed by atoms with E-state index in [-0.39, 0.29) is 6.04 Å². The molecule has 0 N–H and O–H groups in total. The number of hydrogen-bond acceptors (Lipinski definition) is 3. The second kappa shape index (κ2) is 7.88. The highest BCUT2D eigenvalue weighted by atomic mass is 31.2. The molecule has 0 saturated carbocycles. The lowest BCUT2D eigenvalue weighted by Gasteiger charge is -2.35. The zero-order valence-corrected chi connectivity index (χ0v) is 13.4. The van der Waals surface area contributed by atoms with Crippen molar-refractivity contribution in [1.29, 1.82) is 0 Å². The smallest absolute Gasteiger partial charge is 0.292 e. The molecule has 0 fully saturated rings. The van der Waals surface area contributed by atoms with Crippen molar-refractivity contribution in [2.45, 2.75) is 53.0 Å². The maximum atomic E-state index is 12.8. The standard InChI is InChI=1S/C14H26NO3P/c1-5-8-9-14-12-13(4)10-11-15(14)19(16,17-6-2)18-7-3/h10-12,14H,5-9H2,1-4H3. The van der Waals surface area contributed by atoms with Gasteiger partial charge in [0.2, 0.25) is 0 Å². The molecule has 0 aromatic heterocycles. The minimum Gasteiger partial charge on any atom is -0.292 e. The van der Waals surface area contributed by atoms with Crippen LogP contribution in [0.4, 0.5) is 0 Å². The van der Waals surface area contributed by atoms with Crippen molar-refractivity contribution in [2.24, 2.45) is 0 Å². The first-order chi connectivity index (χ1) is 9.07. The van der Waals surface area contributed by atoms with E-state index in [1.807, 2.05) is 26.1 Å². The van der Waals surface area contributed by atoms with E-state index in [2.05, 4.69) is 19.9 Å². The minimum absolute atomic E-state index is 0.0916. The van der Waals surface area contributed by atoms with Crippen molar-refractivity contribution < 1.29 is 13.6 Å². The molecule has 1 rings (SSSR count). The van der Waals surface area contributed by atoms with Crippen molar-refractivity contribution in [2.75, 3.05) is 13.2 Å². The molecule has 0 aliphatic carbocycles. The van der Waals surface area contributed by atoms with Crippen LogP contribution in [0.2, 0.25) is 0 Å². The molecule has 0 spiro atoms. The Morgan fingerprint density at radius 1 is 1.26 bits per heavy atom. The molecule has 4 nitrogen and oxygen atoms in total. The van der Waals surface area contributed by atoms with Crippen LogP contribution >= 0.6 is 7.75 Å². The predicted octanol–water partition coefficient (Wildman–Crippen LogP) is 4.50. The molecule has 5 heteroatoms. The fraction of sp³-hybridized carbons (Fsp3) is 0.714. The van der Waals surface area contributed by atoms with Crippen LogP contribution < -0.4 is 0 Å². The molecule has 110 valence electrons. The van der Waals surface area contributed by atoms with Crippen molar-refractivity contribution in [3.63, 3.8) is 0 Å². The summed E-state index contributed by atoms with van der Waals surface area (Å²) < 4.78 is 25.5. The first kappa shape index (κ1) is 16.5. The van der Waals surface area contributed by atoms with Gasteiger partial charge in [-0.1, -0.05) is 31.4 Å². The molecule has 0 aromatic rings. The highest BCUT2D eigenvalue weighted by Gasteiger charge is 2.36. The zero-order valence-electron chi connectivity index (χ0n) is 12.5. The lowest BCUT2D eigenvalue weighted by atomic mass is 10.1. The zero-order chi connectivity index (χ0) is 14.3. The van der Waals surface area contributed by atoms with E-state index in [1.165, 1.54) is 5.57 Å². The largest absolute Gasteiger partial charge is 0.435 e. The van der Waals surface area contributed by atoms with Crippen LogP contribution in [-0.4, -0.2) is 23.9 Å². The number of allylic oxidation sites excluding steroid dienone is 2. The average Bonchev–Trinajstić information content (AvgIpc) is 2.36. The molecule has 0 saturated heterocycles. The summed E-state index contributed by atoms with van der Waals surface area (Å²) in [5.74, 6) is 0. The van der Waals surface area contributed by atoms with Gasteiger partial charge in [0.05, 0.1) is 19.3 Å². The Morgan fingerprint density at radius 2 is 1.89 bits per heavy atom. The van der Waals surface area contributed by atoms with Gasteiger partial charge in [-0.2, -0.15) is 0 Å². The van der Waals surface area contributed by atoms with Crippen LogP contribution in [0.15, 0.2) is 23.9 Å².